The van der Waals surface area contributed by atoms with Crippen LogP contribution in [0.4, 0.5) is 4.39 Å². The molecule has 1 aromatic rings. The molecule has 2 aliphatic heterocycles. The van der Waals surface area contributed by atoms with Crippen LogP contribution < -0.4 is 0 Å². The molecule has 3 rings (SSSR count). The van der Waals surface area contributed by atoms with Gasteiger partial charge in [-0.3, -0.25) is 0 Å². The summed E-state index contributed by atoms with van der Waals surface area (Å²) in [6.45, 7) is 0. The van der Waals surface area contributed by atoms with Crippen LogP contribution in [0.2, 0.25) is 0 Å². The van der Waals surface area contributed by atoms with Crippen LogP contribution in [0.3, 0.4) is 0 Å². The molecule has 0 aliphatic carbocycles. The van der Waals surface area contributed by atoms with Crippen LogP contribution in [0.15, 0.2) is 18.2 Å². The molecule has 2 saturated heterocycles. The number of nitriles is 1. The molecule has 2 unspecified atom stereocenters. The minimum Gasteiger partial charge on any atom is -0.385 e. The fraction of sp³-hybridized carbons (Fsp3) is 0.562. The van der Waals surface area contributed by atoms with Gasteiger partial charge in [-0.1, -0.05) is 12.5 Å². The molecule has 118 valence electrons. The molecule has 22 heavy (non-hydrogen) atoms. The summed E-state index contributed by atoms with van der Waals surface area (Å²) in [7, 11) is -3.21. The minimum absolute atomic E-state index is 0.0404. The van der Waals surface area contributed by atoms with Crippen molar-refractivity contribution in [2.75, 3.05) is 0 Å². The molecule has 2 bridgehead atoms. The van der Waals surface area contributed by atoms with Crippen LogP contribution in [-0.4, -0.2) is 24.0 Å². The second kappa shape index (κ2) is 5.32. The number of halogens is 1. The van der Waals surface area contributed by atoms with E-state index in [1.165, 1.54) is 18.2 Å². The fourth-order valence-corrected chi connectivity index (χ4v) is 6.35. The third-order valence-corrected chi connectivity index (χ3v) is 7.59. The highest BCUT2D eigenvalue weighted by molar-refractivity contribution is 7.92. The second-order valence-corrected chi connectivity index (χ2v) is 8.86. The smallest absolute Gasteiger partial charge is 0.156 e. The monoisotopic (exact) mass is 323 g/mol. The van der Waals surface area contributed by atoms with Crippen molar-refractivity contribution in [1.29, 1.82) is 5.26 Å². The van der Waals surface area contributed by atoms with Crippen LogP contribution in [0.25, 0.3) is 0 Å². The lowest BCUT2D eigenvalue weighted by Gasteiger charge is -2.44. The van der Waals surface area contributed by atoms with E-state index in [0.717, 1.165) is 6.42 Å². The third-order valence-electron chi connectivity index (χ3n) is 4.93. The maximum Gasteiger partial charge on any atom is 0.156 e. The van der Waals surface area contributed by atoms with Crippen LogP contribution in [0.1, 0.15) is 43.2 Å². The van der Waals surface area contributed by atoms with Gasteiger partial charge in [-0.15, -0.1) is 0 Å². The highest BCUT2D eigenvalue weighted by Crippen LogP contribution is 2.46. The summed E-state index contributed by atoms with van der Waals surface area (Å²) in [6, 6.07) is 6.27. The van der Waals surface area contributed by atoms with E-state index in [9.17, 15) is 17.9 Å². The van der Waals surface area contributed by atoms with E-state index in [2.05, 4.69) is 0 Å². The number of nitrogens with zero attached hydrogens (tertiary/aromatic N) is 1. The molecule has 2 heterocycles. The SMILES string of the molecule is N#CCc1ccc(F)c(C2(O)CC3CCCC(C2)S3(=O)=O)c1. The molecule has 0 amide bonds. The summed E-state index contributed by atoms with van der Waals surface area (Å²) in [6.07, 6.45) is 2.11. The lowest BCUT2D eigenvalue weighted by molar-refractivity contribution is 0.00180. The Morgan fingerprint density at radius 1 is 1.32 bits per heavy atom. The number of benzene rings is 1. The van der Waals surface area contributed by atoms with Crippen molar-refractivity contribution in [2.24, 2.45) is 0 Å². The van der Waals surface area contributed by atoms with E-state index in [4.69, 9.17) is 5.26 Å². The van der Waals surface area contributed by atoms with Gasteiger partial charge in [0.25, 0.3) is 0 Å². The Kier molecular flexibility index (Phi) is 3.74. The van der Waals surface area contributed by atoms with Crippen molar-refractivity contribution >= 4 is 9.84 Å². The van der Waals surface area contributed by atoms with Gasteiger partial charge in [-0.25, -0.2) is 12.8 Å². The molecule has 0 saturated carbocycles. The van der Waals surface area contributed by atoms with Gasteiger partial charge in [0.15, 0.2) is 9.84 Å². The zero-order valence-corrected chi connectivity index (χ0v) is 12.9. The van der Waals surface area contributed by atoms with E-state index < -0.39 is 31.8 Å². The topological polar surface area (TPSA) is 78.2 Å². The molecule has 0 aromatic heterocycles. The van der Waals surface area contributed by atoms with Gasteiger partial charge in [0, 0.05) is 5.56 Å². The normalized spacial score (nSPS) is 33.1. The quantitative estimate of drug-likeness (QED) is 0.905. The Hall–Kier alpha value is -1.45. The van der Waals surface area contributed by atoms with Crippen LogP contribution in [0, 0.1) is 17.1 Å². The largest absolute Gasteiger partial charge is 0.385 e. The first-order valence-electron chi connectivity index (χ1n) is 7.48. The van der Waals surface area contributed by atoms with Crippen molar-refractivity contribution in [2.45, 2.75) is 54.6 Å². The van der Waals surface area contributed by atoms with Gasteiger partial charge in [0.2, 0.25) is 0 Å². The number of hydrogen-bond donors (Lipinski definition) is 1. The van der Waals surface area contributed by atoms with Crippen molar-refractivity contribution in [3.8, 4) is 6.07 Å². The number of fused-ring (bicyclic) bond motifs is 2. The number of aliphatic hydroxyl groups is 1. The predicted molar refractivity (Wildman–Crippen MR) is 79.2 cm³/mol. The first-order chi connectivity index (χ1) is 10.4. The molecule has 1 aromatic carbocycles. The first kappa shape index (κ1) is 15.4. The lowest BCUT2D eigenvalue weighted by Crippen LogP contribution is -2.50. The van der Waals surface area contributed by atoms with Crippen molar-refractivity contribution in [1.82, 2.24) is 0 Å². The molecule has 2 aliphatic rings. The zero-order chi connectivity index (χ0) is 16.0. The minimum atomic E-state index is -3.21. The molecule has 6 heteroatoms. The second-order valence-electron chi connectivity index (χ2n) is 6.35. The Bertz CT molecular complexity index is 718. The maximum atomic E-state index is 14.2. The molecule has 4 nitrogen and oxygen atoms in total. The Morgan fingerprint density at radius 2 is 1.95 bits per heavy atom. The molecule has 0 spiro atoms. The molecule has 0 radical (unpaired) electrons. The van der Waals surface area contributed by atoms with Gasteiger partial charge < -0.3 is 5.11 Å². The third kappa shape index (κ3) is 2.42. The number of sulfone groups is 1. The van der Waals surface area contributed by atoms with Crippen molar-refractivity contribution < 1.29 is 17.9 Å². The summed E-state index contributed by atoms with van der Waals surface area (Å²) in [5.41, 5.74) is -0.700. The predicted octanol–water partition coefficient (Wildman–Crippen LogP) is 2.21. The molecular weight excluding hydrogens is 305 g/mol. The van der Waals surface area contributed by atoms with Crippen LogP contribution in [0.5, 0.6) is 0 Å². The summed E-state index contributed by atoms with van der Waals surface area (Å²) in [4.78, 5) is 0. The van der Waals surface area contributed by atoms with E-state index in [0.29, 0.717) is 18.4 Å². The average molecular weight is 323 g/mol. The standard InChI is InChI=1S/C16H18FNO3S/c17-15-5-4-11(6-7-18)8-14(15)16(19)9-12-2-1-3-13(10-16)22(12,20)21/h4-5,8,12-13,19H,1-3,6,9-10H2. The van der Waals surface area contributed by atoms with Crippen LogP contribution >= 0.6 is 0 Å². The molecular formula is C16H18FNO3S. The van der Waals surface area contributed by atoms with E-state index >= 15 is 0 Å². The summed E-state index contributed by atoms with van der Waals surface area (Å²) >= 11 is 0. The average Bonchev–Trinajstić information content (AvgIpc) is 2.43. The molecule has 1 N–H and O–H groups in total. The maximum absolute atomic E-state index is 14.2. The van der Waals surface area contributed by atoms with Crippen molar-refractivity contribution in [3.63, 3.8) is 0 Å². The van der Waals surface area contributed by atoms with E-state index in [1.54, 1.807) is 0 Å². The highest BCUT2D eigenvalue weighted by Gasteiger charge is 2.51. The van der Waals surface area contributed by atoms with E-state index in [-0.39, 0.29) is 24.8 Å². The Labute approximate surface area is 129 Å². The summed E-state index contributed by atoms with van der Waals surface area (Å²) in [5.74, 6) is -0.540. The number of rotatable bonds is 2. The van der Waals surface area contributed by atoms with E-state index in [1.807, 2.05) is 6.07 Å². The van der Waals surface area contributed by atoms with Gasteiger partial charge in [0.1, 0.15) is 5.82 Å². The Morgan fingerprint density at radius 3 is 2.55 bits per heavy atom. The lowest BCUT2D eigenvalue weighted by atomic mass is 9.79. The Balaban J connectivity index is 2.02. The fourth-order valence-electron chi connectivity index (χ4n) is 3.80. The van der Waals surface area contributed by atoms with Gasteiger partial charge in [-0.05, 0) is 43.4 Å². The first-order valence-corrected chi connectivity index (χ1v) is 9.09. The molecule has 2 atom stereocenters. The van der Waals surface area contributed by atoms with Gasteiger partial charge >= 0.3 is 0 Å². The number of hydrogen-bond acceptors (Lipinski definition) is 4. The van der Waals surface area contributed by atoms with Crippen molar-refractivity contribution in [3.05, 3.63) is 35.1 Å². The van der Waals surface area contributed by atoms with Gasteiger partial charge in [0.05, 0.1) is 28.6 Å². The summed E-state index contributed by atoms with van der Waals surface area (Å²) < 4.78 is 38.9. The zero-order valence-electron chi connectivity index (χ0n) is 12.1. The highest BCUT2D eigenvalue weighted by atomic mass is 32.2. The summed E-state index contributed by atoms with van der Waals surface area (Å²) in [5, 5.41) is 18.5. The molecule has 2 fully saturated rings. The van der Waals surface area contributed by atoms with Crippen LogP contribution in [-0.2, 0) is 21.9 Å². The van der Waals surface area contributed by atoms with Gasteiger partial charge in [-0.2, -0.15) is 5.26 Å².